The smallest absolute Gasteiger partial charge is 0.163 e. The van der Waals surface area contributed by atoms with Crippen LogP contribution in [0, 0.1) is 6.92 Å². The van der Waals surface area contributed by atoms with Crippen LogP contribution in [0.15, 0.2) is 78.2 Å². The molecule has 2 aromatic carbocycles. The number of hydrogen-bond donors (Lipinski definition) is 1. The zero-order valence-electron chi connectivity index (χ0n) is 15.2. The molecule has 4 rings (SSSR count). The average Bonchev–Trinajstić information content (AvgIpc) is 2.72. The quantitative estimate of drug-likeness (QED) is 0.421. The van der Waals surface area contributed by atoms with Crippen molar-refractivity contribution in [3.63, 3.8) is 0 Å². The number of anilines is 1. The normalized spacial score (nSPS) is 11.6. The predicted molar refractivity (Wildman–Crippen MR) is 110 cm³/mol. The monoisotopic (exact) mass is 353 g/mol. The van der Waals surface area contributed by atoms with Crippen LogP contribution in [-0.4, -0.2) is 20.7 Å². The van der Waals surface area contributed by atoms with Crippen LogP contribution in [0.3, 0.4) is 0 Å². The Morgan fingerprint density at radius 3 is 2.52 bits per heavy atom. The number of fused-ring (bicyclic) bond motifs is 1. The topological polar surface area (TPSA) is 63.1 Å². The lowest BCUT2D eigenvalue weighted by Gasteiger charge is -2.09. The van der Waals surface area contributed by atoms with Crippen LogP contribution >= 0.6 is 0 Å². The van der Waals surface area contributed by atoms with E-state index in [-0.39, 0.29) is 0 Å². The van der Waals surface area contributed by atoms with Crippen LogP contribution in [0.5, 0.6) is 0 Å². The molecule has 5 heteroatoms. The summed E-state index contributed by atoms with van der Waals surface area (Å²) >= 11 is 0. The van der Waals surface area contributed by atoms with Gasteiger partial charge in [-0.25, -0.2) is 9.97 Å². The van der Waals surface area contributed by atoms with Gasteiger partial charge < -0.3 is 0 Å². The molecule has 0 radical (unpaired) electrons. The summed E-state index contributed by atoms with van der Waals surface area (Å²) in [6.07, 6.45) is 3.49. The molecule has 0 fully saturated rings. The van der Waals surface area contributed by atoms with E-state index in [1.54, 1.807) is 12.4 Å². The average molecular weight is 353 g/mol. The SMILES string of the molecule is C/C(=N/Nc1nc(-c2cccnc2)nc2ccccc12)c1ccc(C)cc1. The van der Waals surface area contributed by atoms with Crippen molar-refractivity contribution in [2.24, 2.45) is 5.10 Å². The Morgan fingerprint density at radius 2 is 1.74 bits per heavy atom. The van der Waals surface area contributed by atoms with Crippen LogP contribution in [0.25, 0.3) is 22.3 Å². The highest BCUT2D eigenvalue weighted by atomic mass is 15.3. The van der Waals surface area contributed by atoms with E-state index in [4.69, 9.17) is 0 Å². The van der Waals surface area contributed by atoms with E-state index in [2.05, 4.69) is 56.7 Å². The minimum atomic E-state index is 0.618. The summed E-state index contributed by atoms with van der Waals surface area (Å²) in [6.45, 7) is 4.05. The summed E-state index contributed by atoms with van der Waals surface area (Å²) in [5.74, 6) is 1.29. The molecular weight excluding hydrogens is 334 g/mol. The van der Waals surface area contributed by atoms with Crippen molar-refractivity contribution in [3.8, 4) is 11.4 Å². The Bertz CT molecular complexity index is 1100. The molecule has 2 heterocycles. The summed E-state index contributed by atoms with van der Waals surface area (Å²) in [5, 5.41) is 5.46. The second-order valence-electron chi connectivity index (χ2n) is 6.33. The van der Waals surface area contributed by atoms with Crippen LogP contribution in [0.4, 0.5) is 5.82 Å². The third kappa shape index (κ3) is 3.67. The predicted octanol–water partition coefficient (Wildman–Crippen LogP) is 4.84. The molecule has 132 valence electrons. The van der Waals surface area contributed by atoms with E-state index in [1.807, 2.05) is 43.3 Å². The fourth-order valence-corrected chi connectivity index (χ4v) is 2.78. The summed E-state index contributed by atoms with van der Waals surface area (Å²) in [6, 6.07) is 20.0. The van der Waals surface area contributed by atoms with Gasteiger partial charge in [0.1, 0.15) is 0 Å². The third-order valence-corrected chi connectivity index (χ3v) is 4.32. The van der Waals surface area contributed by atoms with Crippen LogP contribution in [0.2, 0.25) is 0 Å². The maximum atomic E-state index is 4.68. The van der Waals surface area contributed by atoms with E-state index in [0.29, 0.717) is 11.6 Å². The first-order valence-corrected chi connectivity index (χ1v) is 8.75. The summed E-state index contributed by atoms with van der Waals surface area (Å²) < 4.78 is 0. The number of pyridine rings is 1. The number of hydrazone groups is 1. The highest BCUT2D eigenvalue weighted by Gasteiger charge is 2.09. The first-order chi connectivity index (χ1) is 13.2. The van der Waals surface area contributed by atoms with E-state index in [1.165, 1.54) is 5.56 Å². The maximum absolute atomic E-state index is 4.68. The molecule has 2 aromatic heterocycles. The van der Waals surface area contributed by atoms with Crippen molar-refractivity contribution in [1.29, 1.82) is 0 Å². The number of hydrogen-bond acceptors (Lipinski definition) is 5. The molecule has 0 unspecified atom stereocenters. The summed E-state index contributed by atoms with van der Waals surface area (Å²) in [7, 11) is 0. The first-order valence-electron chi connectivity index (χ1n) is 8.75. The fraction of sp³-hybridized carbons (Fsp3) is 0.0909. The van der Waals surface area contributed by atoms with E-state index in [9.17, 15) is 0 Å². The molecule has 0 amide bonds. The number of nitrogens with zero attached hydrogens (tertiary/aromatic N) is 4. The van der Waals surface area contributed by atoms with Crippen molar-refractivity contribution in [2.75, 3.05) is 5.43 Å². The largest absolute Gasteiger partial charge is 0.264 e. The molecule has 1 N–H and O–H groups in total. The highest BCUT2D eigenvalue weighted by Crippen LogP contribution is 2.24. The molecule has 0 aliphatic heterocycles. The summed E-state index contributed by atoms with van der Waals surface area (Å²) in [5.41, 5.74) is 8.03. The molecule has 0 atom stereocenters. The molecule has 27 heavy (non-hydrogen) atoms. The number of aryl methyl sites for hydroxylation is 1. The fourth-order valence-electron chi connectivity index (χ4n) is 2.78. The van der Waals surface area contributed by atoms with E-state index >= 15 is 0 Å². The van der Waals surface area contributed by atoms with Gasteiger partial charge in [-0.2, -0.15) is 5.10 Å². The number of aromatic nitrogens is 3. The molecule has 0 aliphatic carbocycles. The molecule has 5 nitrogen and oxygen atoms in total. The third-order valence-electron chi connectivity index (χ3n) is 4.32. The van der Waals surface area contributed by atoms with Gasteiger partial charge in [-0.1, -0.05) is 42.0 Å². The molecule has 0 bridgehead atoms. The van der Waals surface area contributed by atoms with Gasteiger partial charge in [0.2, 0.25) is 0 Å². The van der Waals surface area contributed by atoms with Gasteiger partial charge in [-0.3, -0.25) is 10.4 Å². The van der Waals surface area contributed by atoms with Crippen LogP contribution < -0.4 is 5.43 Å². The second kappa shape index (κ2) is 7.33. The van der Waals surface area contributed by atoms with Crippen LogP contribution in [0.1, 0.15) is 18.1 Å². The molecule has 0 saturated heterocycles. The van der Waals surface area contributed by atoms with Crippen molar-refractivity contribution in [1.82, 2.24) is 15.0 Å². The maximum Gasteiger partial charge on any atom is 0.163 e. The van der Waals surface area contributed by atoms with Crippen LogP contribution in [-0.2, 0) is 0 Å². The zero-order valence-corrected chi connectivity index (χ0v) is 15.2. The standard InChI is InChI=1S/C22H19N5/c1-15-9-11-17(12-10-15)16(2)26-27-22-19-7-3-4-8-20(19)24-21(25-22)18-6-5-13-23-14-18/h3-14H,1-2H3,(H,24,25,27)/b26-16-. The minimum absolute atomic E-state index is 0.618. The molecular formula is C22H19N5. The molecule has 0 spiro atoms. The van der Waals surface area contributed by atoms with Crippen molar-refractivity contribution in [2.45, 2.75) is 13.8 Å². The number of nitrogens with one attached hydrogen (secondary N) is 1. The second-order valence-corrected chi connectivity index (χ2v) is 6.33. The van der Waals surface area contributed by atoms with Gasteiger partial charge in [0.25, 0.3) is 0 Å². The Hall–Kier alpha value is -3.60. The lowest BCUT2D eigenvalue weighted by molar-refractivity contribution is 1.17. The van der Waals surface area contributed by atoms with Gasteiger partial charge >= 0.3 is 0 Å². The Labute approximate surface area is 157 Å². The Balaban J connectivity index is 1.74. The molecule has 4 aromatic rings. The Kier molecular flexibility index (Phi) is 4.58. The molecule has 0 saturated carbocycles. The number of para-hydroxylation sites is 1. The van der Waals surface area contributed by atoms with Gasteiger partial charge in [-0.15, -0.1) is 0 Å². The Morgan fingerprint density at radius 1 is 0.926 bits per heavy atom. The van der Waals surface area contributed by atoms with E-state index in [0.717, 1.165) is 27.7 Å². The van der Waals surface area contributed by atoms with Crippen molar-refractivity contribution < 1.29 is 0 Å². The zero-order chi connectivity index (χ0) is 18.6. The van der Waals surface area contributed by atoms with Gasteiger partial charge in [0.15, 0.2) is 11.6 Å². The van der Waals surface area contributed by atoms with Crippen molar-refractivity contribution >= 4 is 22.4 Å². The highest BCUT2D eigenvalue weighted by molar-refractivity contribution is 5.99. The number of rotatable bonds is 4. The lowest BCUT2D eigenvalue weighted by Crippen LogP contribution is -2.03. The lowest BCUT2D eigenvalue weighted by atomic mass is 10.1. The molecule has 0 aliphatic rings. The van der Waals surface area contributed by atoms with E-state index < -0.39 is 0 Å². The van der Waals surface area contributed by atoms with Gasteiger partial charge in [0.05, 0.1) is 11.2 Å². The first kappa shape index (κ1) is 16.8. The van der Waals surface area contributed by atoms with Crippen molar-refractivity contribution in [3.05, 3.63) is 84.2 Å². The minimum Gasteiger partial charge on any atom is -0.264 e. The van der Waals surface area contributed by atoms with Gasteiger partial charge in [-0.05, 0) is 43.7 Å². The van der Waals surface area contributed by atoms with Gasteiger partial charge in [0, 0.05) is 23.3 Å². The number of benzene rings is 2. The summed E-state index contributed by atoms with van der Waals surface area (Å²) in [4.78, 5) is 13.5.